The first-order chi connectivity index (χ1) is 7.79. The molecule has 2 aromatic rings. The lowest BCUT2D eigenvalue weighted by Gasteiger charge is -1.95. The molecule has 2 heterocycles. The molecule has 7 heteroatoms. The molecular weight excluding hydrogens is 226 g/mol. The van der Waals surface area contributed by atoms with E-state index in [1.807, 2.05) is 6.92 Å². The Morgan fingerprint density at radius 1 is 1.62 bits per heavy atom. The minimum Gasteiger partial charge on any atom is -0.295 e. The summed E-state index contributed by atoms with van der Waals surface area (Å²) in [4.78, 5) is 19.7. The zero-order chi connectivity index (χ0) is 11.4. The Morgan fingerprint density at radius 3 is 3.19 bits per heavy atom. The van der Waals surface area contributed by atoms with E-state index in [1.165, 1.54) is 11.3 Å². The third kappa shape index (κ3) is 2.43. The van der Waals surface area contributed by atoms with Crippen molar-refractivity contribution in [3.8, 4) is 0 Å². The van der Waals surface area contributed by atoms with E-state index >= 15 is 0 Å². The van der Waals surface area contributed by atoms with Gasteiger partial charge in [-0.3, -0.25) is 15.2 Å². The maximum Gasteiger partial charge on any atom is 0.297 e. The average molecular weight is 237 g/mol. The van der Waals surface area contributed by atoms with Crippen LogP contribution in [0.3, 0.4) is 0 Å². The molecule has 2 rings (SSSR count). The standard InChI is InChI=1S/C9H11N5OS/c1-2-3-6-11-7(14-13-6)8(15)12-9-10-4-5-16-9/h4-5H,2-3H2,1H3,(H,10,12,15)(H,11,13,14). The summed E-state index contributed by atoms with van der Waals surface area (Å²) in [6.07, 6.45) is 3.38. The highest BCUT2D eigenvalue weighted by Gasteiger charge is 2.13. The van der Waals surface area contributed by atoms with Crippen molar-refractivity contribution >= 4 is 22.4 Å². The van der Waals surface area contributed by atoms with Gasteiger partial charge in [-0.1, -0.05) is 6.92 Å². The first-order valence-corrected chi connectivity index (χ1v) is 5.79. The van der Waals surface area contributed by atoms with Crippen LogP contribution in [0.1, 0.15) is 29.8 Å². The number of nitrogens with zero attached hydrogens (tertiary/aromatic N) is 3. The van der Waals surface area contributed by atoms with E-state index in [0.29, 0.717) is 5.13 Å². The van der Waals surface area contributed by atoms with Crippen molar-refractivity contribution < 1.29 is 4.79 Å². The predicted octanol–water partition coefficient (Wildman–Crippen LogP) is 1.47. The Labute approximate surface area is 96.1 Å². The second kappa shape index (κ2) is 4.84. The Bertz CT molecular complexity index is 464. The molecule has 0 aliphatic carbocycles. The van der Waals surface area contributed by atoms with Gasteiger partial charge in [0.2, 0.25) is 5.82 Å². The van der Waals surface area contributed by atoms with Crippen molar-refractivity contribution in [3.05, 3.63) is 23.2 Å². The molecule has 0 aliphatic rings. The molecule has 2 aromatic heterocycles. The van der Waals surface area contributed by atoms with Crippen LogP contribution >= 0.6 is 11.3 Å². The molecule has 0 spiro atoms. The lowest BCUT2D eigenvalue weighted by atomic mass is 10.3. The molecule has 2 N–H and O–H groups in total. The molecular formula is C9H11N5OS. The van der Waals surface area contributed by atoms with E-state index in [-0.39, 0.29) is 11.7 Å². The fourth-order valence-corrected chi connectivity index (χ4v) is 1.71. The summed E-state index contributed by atoms with van der Waals surface area (Å²) in [5, 5.41) is 11.5. The number of thiazole rings is 1. The molecule has 0 aliphatic heterocycles. The number of nitrogens with one attached hydrogen (secondary N) is 2. The number of aromatic amines is 1. The third-order valence-electron chi connectivity index (χ3n) is 1.87. The van der Waals surface area contributed by atoms with Gasteiger partial charge in [0.15, 0.2) is 5.13 Å². The zero-order valence-corrected chi connectivity index (χ0v) is 9.54. The Hall–Kier alpha value is -1.76. The lowest BCUT2D eigenvalue weighted by molar-refractivity contribution is 0.101. The molecule has 6 nitrogen and oxygen atoms in total. The molecule has 0 unspecified atom stereocenters. The third-order valence-corrected chi connectivity index (χ3v) is 2.56. The maximum absolute atomic E-state index is 11.6. The van der Waals surface area contributed by atoms with Crippen molar-refractivity contribution in [1.82, 2.24) is 20.2 Å². The molecule has 1 amide bonds. The summed E-state index contributed by atoms with van der Waals surface area (Å²) in [5.74, 6) is 0.541. The highest BCUT2D eigenvalue weighted by atomic mass is 32.1. The smallest absolute Gasteiger partial charge is 0.295 e. The molecule has 0 atom stereocenters. The lowest BCUT2D eigenvalue weighted by Crippen LogP contribution is -2.13. The van der Waals surface area contributed by atoms with Gasteiger partial charge in [0.1, 0.15) is 5.82 Å². The number of H-pyrrole nitrogens is 1. The Morgan fingerprint density at radius 2 is 2.50 bits per heavy atom. The average Bonchev–Trinajstić information content (AvgIpc) is 2.89. The summed E-state index contributed by atoms with van der Waals surface area (Å²) in [6, 6.07) is 0. The van der Waals surface area contributed by atoms with Crippen molar-refractivity contribution in [2.45, 2.75) is 19.8 Å². The predicted molar refractivity (Wildman–Crippen MR) is 60.4 cm³/mol. The van der Waals surface area contributed by atoms with Crippen LogP contribution in [0.5, 0.6) is 0 Å². The van der Waals surface area contributed by atoms with Crippen LogP contribution in [0.2, 0.25) is 0 Å². The van der Waals surface area contributed by atoms with E-state index in [2.05, 4.69) is 25.5 Å². The number of amides is 1. The summed E-state index contributed by atoms with van der Waals surface area (Å²) in [6.45, 7) is 2.04. The molecule has 0 aromatic carbocycles. The van der Waals surface area contributed by atoms with Gasteiger partial charge in [-0.05, 0) is 6.42 Å². The zero-order valence-electron chi connectivity index (χ0n) is 8.73. The summed E-state index contributed by atoms with van der Waals surface area (Å²) >= 11 is 1.35. The van der Waals surface area contributed by atoms with Crippen LogP contribution in [-0.4, -0.2) is 26.1 Å². The van der Waals surface area contributed by atoms with Crippen molar-refractivity contribution in [1.29, 1.82) is 0 Å². The van der Waals surface area contributed by atoms with Gasteiger partial charge in [-0.25, -0.2) is 9.97 Å². The molecule has 0 saturated heterocycles. The van der Waals surface area contributed by atoms with Crippen LogP contribution in [0.25, 0.3) is 0 Å². The second-order valence-electron chi connectivity index (χ2n) is 3.15. The minimum atomic E-state index is -0.339. The van der Waals surface area contributed by atoms with Gasteiger partial charge in [-0.15, -0.1) is 16.4 Å². The number of aromatic nitrogens is 4. The molecule has 0 bridgehead atoms. The highest BCUT2D eigenvalue weighted by Crippen LogP contribution is 2.11. The molecule has 0 radical (unpaired) electrons. The van der Waals surface area contributed by atoms with E-state index in [4.69, 9.17) is 0 Å². The van der Waals surface area contributed by atoms with Gasteiger partial charge in [0, 0.05) is 18.0 Å². The largest absolute Gasteiger partial charge is 0.297 e. The highest BCUT2D eigenvalue weighted by molar-refractivity contribution is 7.13. The van der Waals surface area contributed by atoms with Gasteiger partial charge < -0.3 is 0 Å². The number of hydrogen-bond donors (Lipinski definition) is 2. The number of hydrogen-bond acceptors (Lipinski definition) is 5. The summed E-state index contributed by atoms with van der Waals surface area (Å²) in [7, 11) is 0. The van der Waals surface area contributed by atoms with E-state index in [9.17, 15) is 4.79 Å². The quantitative estimate of drug-likeness (QED) is 0.843. The van der Waals surface area contributed by atoms with Crippen LogP contribution in [-0.2, 0) is 6.42 Å². The van der Waals surface area contributed by atoms with E-state index in [0.717, 1.165) is 18.7 Å². The van der Waals surface area contributed by atoms with Crippen LogP contribution in [0.4, 0.5) is 5.13 Å². The first kappa shape index (κ1) is 10.7. The topological polar surface area (TPSA) is 83.6 Å². The number of carbonyl (C=O) groups is 1. The molecule has 0 fully saturated rings. The van der Waals surface area contributed by atoms with Gasteiger partial charge >= 0.3 is 0 Å². The van der Waals surface area contributed by atoms with Crippen LogP contribution < -0.4 is 5.32 Å². The second-order valence-corrected chi connectivity index (χ2v) is 4.04. The van der Waals surface area contributed by atoms with Crippen molar-refractivity contribution in [2.24, 2.45) is 0 Å². The maximum atomic E-state index is 11.6. The van der Waals surface area contributed by atoms with Crippen molar-refractivity contribution in [2.75, 3.05) is 5.32 Å². The first-order valence-electron chi connectivity index (χ1n) is 4.91. The summed E-state index contributed by atoms with van der Waals surface area (Å²) < 4.78 is 0. The van der Waals surface area contributed by atoms with Crippen LogP contribution in [0.15, 0.2) is 11.6 Å². The van der Waals surface area contributed by atoms with Crippen LogP contribution in [0, 0.1) is 0 Å². The number of anilines is 1. The minimum absolute atomic E-state index is 0.152. The van der Waals surface area contributed by atoms with Gasteiger partial charge in [0.25, 0.3) is 5.91 Å². The Kier molecular flexibility index (Phi) is 3.25. The fraction of sp³-hybridized carbons (Fsp3) is 0.333. The van der Waals surface area contributed by atoms with Gasteiger partial charge in [-0.2, -0.15) is 0 Å². The summed E-state index contributed by atoms with van der Waals surface area (Å²) in [5.41, 5.74) is 0. The monoisotopic (exact) mass is 237 g/mol. The fourth-order valence-electron chi connectivity index (χ4n) is 1.18. The molecule has 16 heavy (non-hydrogen) atoms. The molecule has 0 saturated carbocycles. The molecule has 84 valence electrons. The number of carbonyl (C=O) groups excluding carboxylic acids is 1. The Balaban J connectivity index is 2.03. The number of rotatable bonds is 4. The SMILES string of the molecule is CCCc1nc(C(=O)Nc2nccs2)n[nH]1. The van der Waals surface area contributed by atoms with Gasteiger partial charge in [0.05, 0.1) is 0 Å². The van der Waals surface area contributed by atoms with E-state index < -0.39 is 0 Å². The number of aryl methyl sites for hydroxylation is 1. The normalized spacial score (nSPS) is 10.3. The van der Waals surface area contributed by atoms with Crippen molar-refractivity contribution in [3.63, 3.8) is 0 Å². The van der Waals surface area contributed by atoms with E-state index in [1.54, 1.807) is 11.6 Å².